The zero-order valence-corrected chi connectivity index (χ0v) is 26.2. The van der Waals surface area contributed by atoms with Crippen molar-refractivity contribution in [3.8, 4) is 0 Å². The molecule has 3 nitrogen and oxygen atoms in total. The highest BCUT2D eigenvalue weighted by Crippen LogP contribution is 2.90. The molecule has 8 atom stereocenters. The molecule has 3 saturated carbocycles. The normalized spacial score (nSPS) is 40.4. The van der Waals surface area contributed by atoms with Crippen LogP contribution in [0, 0.1) is 29.1 Å². The van der Waals surface area contributed by atoms with Gasteiger partial charge < -0.3 is 9.47 Å². The van der Waals surface area contributed by atoms with E-state index in [9.17, 15) is 0 Å². The number of hydrogen-bond donors (Lipinski definition) is 0. The van der Waals surface area contributed by atoms with Crippen LogP contribution in [0.4, 0.5) is 0 Å². The highest BCUT2D eigenvalue weighted by molar-refractivity contribution is 6.52. The van der Waals surface area contributed by atoms with Crippen LogP contribution in [-0.4, -0.2) is 35.5 Å². The second-order valence-corrected chi connectivity index (χ2v) is 14.3. The van der Waals surface area contributed by atoms with Gasteiger partial charge in [0.2, 0.25) is 5.79 Å². The van der Waals surface area contributed by atoms with E-state index in [2.05, 4.69) is 43.3 Å². The molecule has 8 rings (SSSR count). The van der Waals surface area contributed by atoms with Crippen molar-refractivity contribution >= 4 is 63.3 Å². The van der Waals surface area contributed by atoms with Crippen LogP contribution in [0.3, 0.4) is 0 Å². The maximum absolute atomic E-state index is 15.5. The van der Waals surface area contributed by atoms with Gasteiger partial charge in [0.05, 0.1) is 20.9 Å². The lowest BCUT2D eigenvalue weighted by molar-refractivity contribution is -0.219. The maximum Gasteiger partial charge on any atom is 0.217 e. The molecule has 5 aliphatic rings. The molecule has 0 aromatic heterocycles. The molecule has 0 radical (unpaired) electrons. The van der Waals surface area contributed by atoms with Gasteiger partial charge in [-0.05, 0) is 58.4 Å². The van der Waals surface area contributed by atoms with Crippen molar-refractivity contribution in [2.75, 3.05) is 14.2 Å². The number of methoxy groups -OCH3 is 2. The number of ketones is 1. The molecule has 4 bridgehead atoms. The molecule has 214 valence electrons. The number of halogens is 4. The first-order valence-corrected chi connectivity index (χ1v) is 15.7. The van der Waals surface area contributed by atoms with E-state index in [0.29, 0.717) is 0 Å². The smallest absolute Gasteiger partial charge is 0.217 e. The van der Waals surface area contributed by atoms with Gasteiger partial charge in [-0.15, -0.1) is 23.2 Å². The number of hydrogen-bond acceptors (Lipinski definition) is 3. The van der Waals surface area contributed by atoms with E-state index in [1.165, 1.54) is 14.2 Å². The van der Waals surface area contributed by atoms with Gasteiger partial charge in [-0.25, -0.2) is 0 Å². The zero-order valence-electron chi connectivity index (χ0n) is 23.2. The van der Waals surface area contributed by atoms with Crippen molar-refractivity contribution in [3.63, 3.8) is 0 Å². The van der Waals surface area contributed by atoms with Crippen LogP contribution in [-0.2, 0) is 19.7 Å². The number of benzene rings is 3. The number of alkyl halides is 2. The van der Waals surface area contributed by atoms with Crippen molar-refractivity contribution in [2.24, 2.45) is 29.1 Å². The number of Topliss-reactive ketones (excluding diaryl/α,β-unsaturated/α-hetero) is 1. The molecule has 0 N–H and O–H groups in total. The summed E-state index contributed by atoms with van der Waals surface area (Å²) >= 11 is 29.4. The molecule has 0 aliphatic heterocycles. The number of fused-ring (bicyclic) bond motifs is 12. The summed E-state index contributed by atoms with van der Waals surface area (Å²) in [5.41, 5.74) is 3.11. The van der Waals surface area contributed by atoms with Crippen molar-refractivity contribution in [1.29, 1.82) is 0 Å². The Bertz CT molecular complexity index is 1720. The summed E-state index contributed by atoms with van der Waals surface area (Å²) in [6, 6.07) is 30.6. The summed E-state index contributed by atoms with van der Waals surface area (Å²) in [6.07, 6.45) is 0. The predicted octanol–water partition coefficient (Wildman–Crippen LogP) is 8.28. The Kier molecular flexibility index (Phi) is 5.57. The number of ether oxygens (including phenoxy) is 2. The highest BCUT2D eigenvalue weighted by Gasteiger charge is 2.96. The van der Waals surface area contributed by atoms with Crippen LogP contribution in [0.1, 0.15) is 23.6 Å². The molecule has 0 amide bonds. The van der Waals surface area contributed by atoms with Crippen molar-refractivity contribution in [2.45, 2.75) is 27.9 Å². The van der Waals surface area contributed by atoms with E-state index in [1.807, 2.05) is 54.6 Å². The third-order valence-electron chi connectivity index (χ3n) is 11.3. The van der Waals surface area contributed by atoms with Gasteiger partial charge >= 0.3 is 0 Å². The van der Waals surface area contributed by atoms with Gasteiger partial charge in [0.15, 0.2) is 5.78 Å². The predicted molar refractivity (Wildman–Crippen MR) is 168 cm³/mol. The first-order chi connectivity index (χ1) is 20.1. The molecule has 3 aromatic carbocycles. The van der Waals surface area contributed by atoms with E-state index in [0.717, 1.165) is 27.8 Å². The minimum atomic E-state index is -1.52. The molecule has 0 saturated heterocycles. The summed E-state index contributed by atoms with van der Waals surface area (Å²) in [5.74, 6) is -2.46. The Balaban J connectivity index is 1.51. The number of carbonyl (C=O) groups is 1. The Morgan fingerprint density at radius 3 is 1.52 bits per heavy atom. The molecule has 3 fully saturated rings. The van der Waals surface area contributed by atoms with Crippen LogP contribution >= 0.6 is 46.4 Å². The lowest BCUT2D eigenvalue weighted by atomic mass is 9.41. The molecule has 7 heteroatoms. The van der Waals surface area contributed by atoms with E-state index < -0.39 is 26.4 Å². The third-order valence-corrected chi connectivity index (χ3v) is 14.0. The third kappa shape index (κ3) is 2.49. The minimum absolute atomic E-state index is 0.163. The molecule has 5 aliphatic carbocycles. The molecular formula is C35H28Cl4O3. The fourth-order valence-corrected chi connectivity index (χ4v) is 12.5. The van der Waals surface area contributed by atoms with Gasteiger partial charge in [-0.1, -0.05) is 114 Å². The summed E-state index contributed by atoms with van der Waals surface area (Å²) in [7, 11) is 3.07. The van der Waals surface area contributed by atoms with E-state index in [1.54, 1.807) is 0 Å². The van der Waals surface area contributed by atoms with Gasteiger partial charge in [0.1, 0.15) is 9.75 Å². The average molecular weight is 638 g/mol. The van der Waals surface area contributed by atoms with Crippen LogP contribution in [0.15, 0.2) is 101 Å². The summed E-state index contributed by atoms with van der Waals surface area (Å²) in [5, 5.41) is 0.478. The Labute approximate surface area is 265 Å². The number of allylic oxidation sites excluding steroid dienone is 2. The SMILES string of the molecule is COC1(OC)[C@@]2(Cl)C(Cl)=C(Cl)[C@@]1(Cl)[C@@H]1[C@@H]3[C@@H]([C@H]12)[C@@]1(C)C(=O)[C@@]3(c2ccccc2)C(c2ccccc2)=C1c1ccccc1. The van der Waals surface area contributed by atoms with Crippen molar-refractivity contribution in [3.05, 3.63) is 118 Å². The summed E-state index contributed by atoms with van der Waals surface area (Å²) in [4.78, 5) is 12.7. The summed E-state index contributed by atoms with van der Waals surface area (Å²) < 4.78 is 12.3. The van der Waals surface area contributed by atoms with Crippen LogP contribution in [0.5, 0.6) is 0 Å². The largest absolute Gasteiger partial charge is 0.350 e. The molecule has 42 heavy (non-hydrogen) atoms. The van der Waals surface area contributed by atoms with Crippen LogP contribution in [0.25, 0.3) is 11.1 Å². The number of rotatable bonds is 5. The molecule has 0 unspecified atom stereocenters. The first kappa shape index (κ1) is 27.4. The standard InChI is InChI=1S/C35H28Cl4O3/c1-31-22(19-13-7-4-8-14-19)23(20-15-9-5-10-16-20)32(30(31)40,21-17-11-6-12-18-21)25-24(31)26-27(25)34(39)29(37)28(36)33(26,38)35(34,41-2)42-3/h4-18,24-27H,1-3H3/t24-,25-,26+,27+,31-,32-,33-,34-/m0/s1. The topological polar surface area (TPSA) is 35.5 Å². The van der Waals surface area contributed by atoms with E-state index in [-0.39, 0.29) is 39.5 Å². The fraction of sp³-hybridized carbons (Fsp3) is 0.343. The minimum Gasteiger partial charge on any atom is -0.350 e. The van der Waals surface area contributed by atoms with E-state index in [4.69, 9.17) is 55.9 Å². The molecular weight excluding hydrogens is 610 g/mol. The lowest BCUT2D eigenvalue weighted by Gasteiger charge is -2.62. The number of carbonyl (C=O) groups excluding carboxylic acids is 1. The molecule has 0 heterocycles. The van der Waals surface area contributed by atoms with Crippen LogP contribution < -0.4 is 0 Å². The monoisotopic (exact) mass is 636 g/mol. The van der Waals surface area contributed by atoms with Gasteiger partial charge in [0, 0.05) is 14.2 Å². The van der Waals surface area contributed by atoms with Gasteiger partial charge in [-0.2, -0.15) is 0 Å². The second kappa shape index (κ2) is 8.53. The Hall–Kier alpha value is -2.11. The first-order valence-electron chi connectivity index (χ1n) is 14.2. The summed E-state index contributed by atoms with van der Waals surface area (Å²) in [6.45, 7) is 2.10. The Morgan fingerprint density at radius 1 is 0.619 bits per heavy atom. The molecule has 3 aromatic rings. The maximum atomic E-state index is 15.5. The lowest BCUT2D eigenvalue weighted by Crippen LogP contribution is -2.63. The van der Waals surface area contributed by atoms with Gasteiger partial charge in [0.25, 0.3) is 0 Å². The van der Waals surface area contributed by atoms with E-state index >= 15 is 4.79 Å². The highest BCUT2D eigenvalue weighted by atomic mass is 35.5. The average Bonchev–Trinajstić information content (AvgIpc) is 3.42. The van der Waals surface area contributed by atoms with Crippen molar-refractivity contribution < 1.29 is 14.3 Å². The molecule has 0 spiro atoms. The fourth-order valence-electron chi connectivity index (χ4n) is 10.2. The van der Waals surface area contributed by atoms with Crippen molar-refractivity contribution in [1.82, 2.24) is 0 Å². The zero-order chi connectivity index (χ0) is 29.4. The quantitative estimate of drug-likeness (QED) is 0.209. The van der Waals surface area contributed by atoms with Crippen LogP contribution in [0.2, 0.25) is 0 Å². The second-order valence-electron chi connectivity index (χ2n) is 12.4. The Morgan fingerprint density at radius 2 is 1.05 bits per heavy atom. The van der Waals surface area contributed by atoms with Gasteiger partial charge in [-0.3, -0.25) is 4.79 Å².